The first kappa shape index (κ1) is 27.3. The Morgan fingerprint density at radius 3 is 2.35 bits per heavy atom. The van der Waals surface area contributed by atoms with E-state index in [-0.39, 0.29) is 30.5 Å². The fourth-order valence-electron chi connectivity index (χ4n) is 4.25. The van der Waals surface area contributed by atoms with Crippen LogP contribution in [0.2, 0.25) is 0 Å². The van der Waals surface area contributed by atoms with Gasteiger partial charge in [-0.1, -0.05) is 63.8 Å². The summed E-state index contributed by atoms with van der Waals surface area (Å²) in [6, 6.07) is 15.5. The molecule has 2 heterocycles. The van der Waals surface area contributed by atoms with E-state index in [9.17, 15) is 14.4 Å². The molecule has 0 aliphatic carbocycles. The van der Waals surface area contributed by atoms with E-state index in [1.165, 1.54) is 0 Å². The number of hydrogen-bond donors (Lipinski definition) is 0. The Morgan fingerprint density at radius 1 is 0.811 bits per heavy atom. The summed E-state index contributed by atoms with van der Waals surface area (Å²) in [5.74, 6) is 7.82. The molecule has 8 heteroatoms. The zero-order valence-corrected chi connectivity index (χ0v) is 22.6. The molecule has 0 bridgehead atoms. The maximum Gasteiger partial charge on any atom is 0.325 e. The van der Waals surface area contributed by atoms with Gasteiger partial charge in [0, 0.05) is 55.0 Å². The lowest BCUT2D eigenvalue weighted by Crippen LogP contribution is -2.32. The Labute approximate surface area is 226 Å². The number of fused-ring (bicyclic) bond motifs is 2. The Balaban J connectivity index is 1.16. The normalized spacial score (nSPS) is 14.5. The number of rotatable bonds is 12. The minimum Gasteiger partial charge on any atom is -0.368 e. The standard InChI is InChI=1S/C29H32N2O4S2/c32-26(11-7-20-36-37-21-17-29(34)35-30-18-5-6-19-30)15-16-28(33)31-22-25-10-2-1-8-23(25)13-14-24-9-3-4-12-27(24)31/h1-4,8-10,12H,5-7,11,15-22H2. The molecule has 0 saturated carbocycles. The summed E-state index contributed by atoms with van der Waals surface area (Å²) in [6.07, 6.45) is 4.21. The molecule has 0 aromatic heterocycles. The number of para-hydroxylation sites is 1. The first-order valence-corrected chi connectivity index (χ1v) is 15.3. The van der Waals surface area contributed by atoms with E-state index >= 15 is 0 Å². The van der Waals surface area contributed by atoms with Crippen LogP contribution in [-0.2, 0) is 25.8 Å². The lowest BCUT2D eigenvalue weighted by Gasteiger charge is -2.26. The van der Waals surface area contributed by atoms with Gasteiger partial charge in [-0.15, -0.1) is 5.06 Å². The number of benzene rings is 2. The molecule has 2 aromatic rings. The molecule has 0 N–H and O–H groups in total. The van der Waals surface area contributed by atoms with Crippen molar-refractivity contribution in [3.05, 3.63) is 65.2 Å². The van der Waals surface area contributed by atoms with E-state index in [2.05, 4.69) is 11.8 Å². The molecule has 0 unspecified atom stereocenters. The topological polar surface area (TPSA) is 66.9 Å². The molecule has 37 heavy (non-hydrogen) atoms. The molecule has 194 valence electrons. The lowest BCUT2D eigenvalue weighted by molar-refractivity contribution is -0.184. The van der Waals surface area contributed by atoms with E-state index in [1.807, 2.05) is 48.5 Å². The van der Waals surface area contributed by atoms with Gasteiger partial charge in [0.15, 0.2) is 0 Å². The Bertz CT molecular complexity index is 1170. The monoisotopic (exact) mass is 536 g/mol. The van der Waals surface area contributed by atoms with Crippen molar-refractivity contribution in [3.63, 3.8) is 0 Å². The van der Waals surface area contributed by atoms with Gasteiger partial charge in [0.05, 0.1) is 18.7 Å². The highest BCUT2D eigenvalue weighted by atomic mass is 33.1. The molecule has 2 aliphatic rings. The summed E-state index contributed by atoms with van der Waals surface area (Å²) in [4.78, 5) is 44.6. The summed E-state index contributed by atoms with van der Waals surface area (Å²) in [5.41, 5.74) is 3.53. The molecule has 0 spiro atoms. The second-order valence-electron chi connectivity index (χ2n) is 9.04. The Hall–Kier alpha value is -2.73. The molecular formula is C29H32N2O4S2. The number of amides is 1. The van der Waals surface area contributed by atoms with Gasteiger partial charge in [-0.05, 0) is 43.0 Å². The fourth-order valence-corrected chi connectivity index (χ4v) is 6.31. The quantitative estimate of drug-likeness (QED) is 0.205. The van der Waals surface area contributed by atoms with Crippen LogP contribution in [0.4, 0.5) is 5.69 Å². The zero-order valence-electron chi connectivity index (χ0n) is 20.9. The second-order valence-corrected chi connectivity index (χ2v) is 11.7. The highest BCUT2D eigenvalue weighted by Gasteiger charge is 2.21. The van der Waals surface area contributed by atoms with Crippen LogP contribution in [0, 0.1) is 11.8 Å². The van der Waals surface area contributed by atoms with Crippen molar-refractivity contribution in [2.24, 2.45) is 0 Å². The van der Waals surface area contributed by atoms with Gasteiger partial charge in [-0.25, -0.2) is 0 Å². The van der Waals surface area contributed by atoms with Gasteiger partial charge in [0.1, 0.15) is 5.78 Å². The summed E-state index contributed by atoms with van der Waals surface area (Å²) in [7, 11) is 3.31. The molecule has 0 radical (unpaired) electrons. The molecule has 2 aromatic carbocycles. The van der Waals surface area contributed by atoms with E-state index in [0.29, 0.717) is 25.1 Å². The molecule has 2 aliphatic heterocycles. The number of ketones is 1. The highest BCUT2D eigenvalue weighted by molar-refractivity contribution is 8.76. The number of nitrogens with zero attached hydrogens (tertiary/aromatic N) is 2. The summed E-state index contributed by atoms with van der Waals surface area (Å²) >= 11 is 0. The lowest BCUT2D eigenvalue weighted by atomic mass is 10.0. The molecule has 6 nitrogen and oxygen atoms in total. The van der Waals surface area contributed by atoms with Crippen LogP contribution in [0.25, 0.3) is 0 Å². The van der Waals surface area contributed by atoms with Crippen LogP contribution in [0.15, 0.2) is 48.5 Å². The molecule has 0 atom stereocenters. The average molecular weight is 537 g/mol. The molecule has 1 saturated heterocycles. The minimum atomic E-state index is -0.173. The average Bonchev–Trinajstić information content (AvgIpc) is 3.41. The van der Waals surface area contributed by atoms with Crippen molar-refractivity contribution in [2.75, 3.05) is 29.5 Å². The molecular weight excluding hydrogens is 504 g/mol. The predicted octanol–water partition coefficient (Wildman–Crippen LogP) is 5.39. The van der Waals surface area contributed by atoms with Crippen molar-refractivity contribution >= 4 is 44.9 Å². The van der Waals surface area contributed by atoms with E-state index in [0.717, 1.165) is 60.5 Å². The largest absolute Gasteiger partial charge is 0.368 e. The van der Waals surface area contributed by atoms with Crippen LogP contribution in [0.1, 0.15) is 61.6 Å². The van der Waals surface area contributed by atoms with Crippen LogP contribution in [-0.4, -0.2) is 47.3 Å². The third kappa shape index (κ3) is 8.39. The number of anilines is 1. The zero-order chi connectivity index (χ0) is 25.9. The number of hydroxylamine groups is 2. The fraction of sp³-hybridized carbons (Fsp3) is 0.414. The SMILES string of the molecule is O=C(CCCSSCCC(=O)ON1CCCC1)CCC(=O)N1Cc2ccccc2C#Cc2ccccc21. The maximum absolute atomic E-state index is 13.2. The van der Waals surface area contributed by atoms with E-state index in [4.69, 9.17) is 4.84 Å². The van der Waals surface area contributed by atoms with Gasteiger partial charge in [0.2, 0.25) is 5.91 Å². The first-order valence-electron chi connectivity index (χ1n) is 12.8. The van der Waals surface area contributed by atoms with Crippen LogP contribution in [0.3, 0.4) is 0 Å². The van der Waals surface area contributed by atoms with Crippen LogP contribution < -0.4 is 4.90 Å². The van der Waals surface area contributed by atoms with Crippen molar-refractivity contribution in [1.82, 2.24) is 5.06 Å². The van der Waals surface area contributed by atoms with Crippen molar-refractivity contribution in [2.45, 2.75) is 51.5 Å². The Morgan fingerprint density at radius 2 is 1.51 bits per heavy atom. The van der Waals surface area contributed by atoms with Crippen LogP contribution >= 0.6 is 21.6 Å². The molecule has 1 fully saturated rings. The van der Waals surface area contributed by atoms with E-state index < -0.39 is 0 Å². The van der Waals surface area contributed by atoms with Gasteiger partial charge in [-0.3, -0.25) is 14.4 Å². The number of Topliss-reactive ketones (excluding diaryl/α,β-unsaturated/α-hetero) is 1. The van der Waals surface area contributed by atoms with E-state index in [1.54, 1.807) is 31.6 Å². The van der Waals surface area contributed by atoms with Crippen molar-refractivity contribution in [1.29, 1.82) is 0 Å². The Kier molecular flexibility index (Phi) is 10.5. The summed E-state index contributed by atoms with van der Waals surface area (Å²) in [6.45, 7) is 2.11. The summed E-state index contributed by atoms with van der Waals surface area (Å²) in [5, 5.41) is 1.75. The maximum atomic E-state index is 13.2. The first-order chi connectivity index (χ1) is 18.1. The number of carbonyl (C=O) groups excluding carboxylic acids is 3. The van der Waals surface area contributed by atoms with Gasteiger partial charge in [-0.2, -0.15) is 0 Å². The predicted molar refractivity (Wildman–Crippen MR) is 150 cm³/mol. The summed E-state index contributed by atoms with van der Waals surface area (Å²) < 4.78 is 0. The third-order valence-electron chi connectivity index (χ3n) is 6.24. The number of hydrogen-bond acceptors (Lipinski definition) is 7. The highest BCUT2D eigenvalue weighted by Crippen LogP contribution is 2.27. The van der Waals surface area contributed by atoms with Gasteiger partial charge in [0.25, 0.3) is 0 Å². The number of carbonyl (C=O) groups is 3. The molecule has 4 rings (SSSR count). The molecule has 1 amide bonds. The van der Waals surface area contributed by atoms with Gasteiger partial charge >= 0.3 is 5.97 Å². The van der Waals surface area contributed by atoms with Crippen molar-refractivity contribution < 1.29 is 19.2 Å². The van der Waals surface area contributed by atoms with Crippen LogP contribution in [0.5, 0.6) is 0 Å². The second kappa shape index (κ2) is 14.3. The minimum absolute atomic E-state index is 0.0648. The third-order valence-corrected chi connectivity index (χ3v) is 8.74. The van der Waals surface area contributed by atoms with Gasteiger partial charge < -0.3 is 9.74 Å². The smallest absolute Gasteiger partial charge is 0.325 e. The van der Waals surface area contributed by atoms with Crippen molar-refractivity contribution in [3.8, 4) is 11.8 Å².